The molecule has 2 rings (SSSR count). The molecular weight excluding hydrogens is 238 g/mol. The first kappa shape index (κ1) is 13.6. The van der Waals surface area contributed by atoms with Gasteiger partial charge in [-0.15, -0.1) is 0 Å². The van der Waals surface area contributed by atoms with Gasteiger partial charge in [0.25, 0.3) is 5.91 Å². The van der Waals surface area contributed by atoms with Gasteiger partial charge in [0.1, 0.15) is 0 Å². The normalized spacial score (nSPS) is 11.2. The quantitative estimate of drug-likeness (QED) is 0.908. The molecular formula is C15H21N3O. The Morgan fingerprint density at radius 3 is 2.68 bits per heavy atom. The highest BCUT2D eigenvalue weighted by Gasteiger charge is 2.17. The lowest BCUT2D eigenvalue weighted by atomic mass is 10.1. The lowest BCUT2D eigenvalue weighted by molar-refractivity contribution is 0.0952. The van der Waals surface area contributed by atoms with Crippen LogP contribution in [0.4, 0.5) is 0 Å². The van der Waals surface area contributed by atoms with Gasteiger partial charge >= 0.3 is 0 Å². The Balaban J connectivity index is 2.29. The molecule has 0 fully saturated rings. The summed E-state index contributed by atoms with van der Waals surface area (Å²) in [5.41, 5.74) is 2.89. The fraction of sp³-hybridized carbons (Fsp3) is 0.400. The van der Waals surface area contributed by atoms with Gasteiger partial charge in [-0.2, -0.15) is 0 Å². The van der Waals surface area contributed by atoms with Gasteiger partial charge in [-0.05, 0) is 27.1 Å². The molecule has 0 aliphatic heterocycles. The predicted molar refractivity (Wildman–Crippen MR) is 78.5 cm³/mol. The fourth-order valence-electron chi connectivity index (χ4n) is 2.29. The molecule has 4 heteroatoms. The Morgan fingerprint density at radius 2 is 2.00 bits per heavy atom. The number of aryl methyl sites for hydroxylation is 1. The molecule has 1 heterocycles. The minimum Gasteiger partial charge on any atom is -0.351 e. The fourth-order valence-corrected chi connectivity index (χ4v) is 2.29. The van der Waals surface area contributed by atoms with Crippen LogP contribution >= 0.6 is 0 Å². The molecule has 4 nitrogen and oxygen atoms in total. The van der Waals surface area contributed by atoms with Gasteiger partial charge in [0.15, 0.2) is 0 Å². The van der Waals surface area contributed by atoms with Gasteiger partial charge in [-0.1, -0.05) is 18.2 Å². The number of hydrogen-bond donors (Lipinski definition) is 1. The molecule has 0 aliphatic carbocycles. The minimum atomic E-state index is 0.0103. The van der Waals surface area contributed by atoms with Gasteiger partial charge in [-0.3, -0.25) is 4.79 Å². The van der Waals surface area contributed by atoms with Gasteiger partial charge < -0.3 is 14.8 Å². The van der Waals surface area contributed by atoms with Crippen molar-refractivity contribution in [3.63, 3.8) is 0 Å². The summed E-state index contributed by atoms with van der Waals surface area (Å²) in [7, 11) is 5.99. The molecule has 1 N–H and O–H groups in total. The van der Waals surface area contributed by atoms with Crippen molar-refractivity contribution in [2.45, 2.75) is 6.92 Å². The van der Waals surface area contributed by atoms with Gasteiger partial charge in [0.05, 0.1) is 5.56 Å². The number of carbonyl (C=O) groups is 1. The first-order chi connectivity index (χ1) is 9.02. The highest BCUT2D eigenvalue weighted by atomic mass is 16.1. The van der Waals surface area contributed by atoms with Crippen LogP contribution in [-0.4, -0.2) is 42.6 Å². The number of rotatable bonds is 4. The van der Waals surface area contributed by atoms with Crippen LogP contribution in [0.25, 0.3) is 10.9 Å². The lowest BCUT2D eigenvalue weighted by Crippen LogP contribution is -2.31. The molecule has 0 saturated heterocycles. The van der Waals surface area contributed by atoms with Crippen LogP contribution in [0.2, 0.25) is 0 Å². The van der Waals surface area contributed by atoms with Crippen molar-refractivity contribution in [2.75, 3.05) is 27.2 Å². The van der Waals surface area contributed by atoms with Crippen LogP contribution in [0.1, 0.15) is 16.1 Å². The average molecular weight is 259 g/mol. The largest absolute Gasteiger partial charge is 0.351 e. The van der Waals surface area contributed by atoms with E-state index in [-0.39, 0.29) is 5.91 Å². The van der Waals surface area contributed by atoms with E-state index in [2.05, 4.69) is 14.8 Å². The van der Waals surface area contributed by atoms with Crippen molar-refractivity contribution in [1.82, 2.24) is 14.8 Å². The lowest BCUT2D eigenvalue weighted by Gasteiger charge is -2.10. The molecule has 0 unspecified atom stereocenters. The number of nitrogens with zero attached hydrogens (tertiary/aromatic N) is 2. The van der Waals surface area contributed by atoms with E-state index in [9.17, 15) is 4.79 Å². The SMILES string of the molecule is Cc1c(C(=O)NCCN(C)C)c2ccccc2n1C. The van der Waals surface area contributed by atoms with Crippen molar-refractivity contribution < 1.29 is 4.79 Å². The van der Waals surface area contributed by atoms with Crippen molar-refractivity contribution in [3.8, 4) is 0 Å². The van der Waals surface area contributed by atoms with Crippen LogP contribution in [-0.2, 0) is 7.05 Å². The van der Waals surface area contributed by atoms with Gasteiger partial charge in [0.2, 0.25) is 0 Å². The first-order valence-corrected chi connectivity index (χ1v) is 6.49. The highest BCUT2D eigenvalue weighted by molar-refractivity contribution is 6.08. The van der Waals surface area contributed by atoms with E-state index in [1.807, 2.05) is 52.3 Å². The summed E-state index contributed by atoms with van der Waals surface area (Å²) in [6, 6.07) is 8.01. The molecule has 0 atom stereocenters. The molecule has 0 aliphatic rings. The molecule has 1 aromatic heterocycles. The molecule has 2 aromatic rings. The van der Waals surface area contributed by atoms with Crippen molar-refractivity contribution in [1.29, 1.82) is 0 Å². The first-order valence-electron chi connectivity index (χ1n) is 6.49. The summed E-state index contributed by atoms with van der Waals surface area (Å²) in [6.45, 7) is 3.49. The zero-order valence-corrected chi connectivity index (χ0v) is 12.0. The van der Waals surface area contributed by atoms with E-state index in [0.717, 1.165) is 28.7 Å². The Bertz CT molecular complexity index is 599. The van der Waals surface area contributed by atoms with E-state index in [1.165, 1.54) is 0 Å². The summed E-state index contributed by atoms with van der Waals surface area (Å²) >= 11 is 0. The second-order valence-corrected chi connectivity index (χ2v) is 5.10. The van der Waals surface area contributed by atoms with E-state index in [1.54, 1.807) is 0 Å². The van der Waals surface area contributed by atoms with E-state index in [0.29, 0.717) is 6.54 Å². The van der Waals surface area contributed by atoms with Crippen LogP contribution in [0.15, 0.2) is 24.3 Å². The minimum absolute atomic E-state index is 0.0103. The maximum atomic E-state index is 12.3. The molecule has 0 spiro atoms. The van der Waals surface area contributed by atoms with E-state index < -0.39 is 0 Å². The number of aromatic nitrogens is 1. The summed E-state index contributed by atoms with van der Waals surface area (Å²) in [6.07, 6.45) is 0. The maximum absolute atomic E-state index is 12.3. The van der Waals surface area contributed by atoms with Crippen LogP contribution in [0.5, 0.6) is 0 Å². The number of amides is 1. The van der Waals surface area contributed by atoms with Gasteiger partial charge in [0, 0.05) is 36.7 Å². The predicted octanol–water partition coefficient (Wildman–Crippen LogP) is 1.78. The number of nitrogens with one attached hydrogen (secondary N) is 1. The average Bonchev–Trinajstić information content (AvgIpc) is 2.62. The van der Waals surface area contributed by atoms with Crippen LogP contribution in [0.3, 0.4) is 0 Å². The molecule has 0 bridgehead atoms. The molecule has 1 aromatic carbocycles. The second kappa shape index (κ2) is 5.45. The summed E-state index contributed by atoms with van der Waals surface area (Å²) in [5, 5.41) is 4.00. The number of hydrogen-bond acceptors (Lipinski definition) is 2. The van der Waals surface area contributed by atoms with Gasteiger partial charge in [-0.25, -0.2) is 0 Å². The third-order valence-electron chi connectivity index (χ3n) is 3.47. The van der Waals surface area contributed by atoms with Crippen molar-refractivity contribution in [2.24, 2.45) is 7.05 Å². The number of likely N-dealkylation sites (N-methyl/N-ethyl adjacent to an activating group) is 1. The summed E-state index contributed by atoms with van der Waals surface area (Å²) in [5.74, 6) is 0.0103. The standard InChI is InChI=1S/C15H21N3O/c1-11-14(15(19)16-9-10-17(2)3)12-7-5-6-8-13(12)18(11)4/h5-8H,9-10H2,1-4H3,(H,16,19). The Morgan fingerprint density at radius 1 is 1.32 bits per heavy atom. The Kier molecular flexibility index (Phi) is 3.90. The number of para-hydroxylation sites is 1. The Labute approximate surface area is 114 Å². The molecule has 102 valence electrons. The second-order valence-electron chi connectivity index (χ2n) is 5.10. The highest BCUT2D eigenvalue weighted by Crippen LogP contribution is 2.24. The van der Waals surface area contributed by atoms with Crippen LogP contribution < -0.4 is 5.32 Å². The molecule has 0 saturated carbocycles. The molecule has 19 heavy (non-hydrogen) atoms. The molecule has 1 amide bonds. The topological polar surface area (TPSA) is 37.3 Å². The summed E-state index contributed by atoms with van der Waals surface area (Å²) in [4.78, 5) is 14.4. The zero-order chi connectivity index (χ0) is 14.0. The van der Waals surface area contributed by atoms with E-state index in [4.69, 9.17) is 0 Å². The zero-order valence-electron chi connectivity index (χ0n) is 12.0. The number of benzene rings is 1. The summed E-state index contributed by atoms with van der Waals surface area (Å²) < 4.78 is 2.07. The Hall–Kier alpha value is -1.81. The van der Waals surface area contributed by atoms with E-state index >= 15 is 0 Å². The van der Waals surface area contributed by atoms with Crippen LogP contribution in [0, 0.1) is 6.92 Å². The smallest absolute Gasteiger partial charge is 0.253 e. The third kappa shape index (κ3) is 2.63. The van der Waals surface area contributed by atoms with Crippen molar-refractivity contribution in [3.05, 3.63) is 35.5 Å². The number of carbonyl (C=O) groups excluding carboxylic acids is 1. The monoisotopic (exact) mass is 259 g/mol. The third-order valence-corrected chi connectivity index (χ3v) is 3.47. The molecule has 0 radical (unpaired) electrons. The maximum Gasteiger partial charge on any atom is 0.253 e. The number of fused-ring (bicyclic) bond motifs is 1. The van der Waals surface area contributed by atoms with Crippen molar-refractivity contribution >= 4 is 16.8 Å².